The molecule has 0 saturated heterocycles. The van der Waals surface area contributed by atoms with Crippen molar-refractivity contribution in [1.29, 1.82) is 0 Å². The normalized spacial score (nSPS) is 15.6. The number of fused-ring (bicyclic) bond motifs is 1. The Labute approximate surface area is 97.0 Å². The molecule has 0 spiro atoms. The molecule has 0 atom stereocenters. The molecule has 2 rings (SSSR count). The quantitative estimate of drug-likeness (QED) is 0.770. The molecule has 1 aliphatic heterocycles. The number of rotatable bonds is 1. The van der Waals surface area contributed by atoms with E-state index in [-0.39, 0.29) is 12.0 Å². The summed E-state index contributed by atoms with van der Waals surface area (Å²) in [4.78, 5) is 4.65. The topological polar surface area (TPSA) is 32.6 Å². The van der Waals surface area contributed by atoms with Crippen LogP contribution in [-0.2, 0) is 13.0 Å². The highest BCUT2D eigenvalue weighted by Gasteiger charge is 2.24. The highest BCUT2D eigenvalue weighted by atomic mass is 16.3. The van der Waals surface area contributed by atoms with Gasteiger partial charge in [-0.3, -0.25) is 4.99 Å². The first-order chi connectivity index (χ1) is 7.52. The van der Waals surface area contributed by atoms with Crippen LogP contribution in [0.1, 0.15) is 37.5 Å². The van der Waals surface area contributed by atoms with Crippen molar-refractivity contribution in [2.75, 3.05) is 6.54 Å². The number of benzene rings is 1. The summed E-state index contributed by atoms with van der Waals surface area (Å²) in [5.41, 5.74) is 4.87. The van der Waals surface area contributed by atoms with E-state index in [1.807, 2.05) is 6.07 Å². The average molecular weight is 217 g/mol. The van der Waals surface area contributed by atoms with Gasteiger partial charge in [-0.05, 0) is 23.1 Å². The number of hydrogen-bond donors (Lipinski definition) is 1. The van der Waals surface area contributed by atoms with Gasteiger partial charge in [0, 0.05) is 17.7 Å². The largest absolute Gasteiger partial charge is 0.392 e. The fourth-order valence-corrected chi connectivity index (χ4v) is 2.20. The van der Waals surface area contributed by atoms with Crippen LogP contribution in [0, 0.1) is 5.41 Å². The fourth-order valence-electron chi connectivity index (χ4n) is 2.20. The molecule has 16 heavy (non-hydrogen) atoms. The van der Waals surface area contributed by atoms with Crippen LogP contribution in [0.25, 0.3) is 0 Å². The summed E-state index contributed by atoms with van der Waals surface area (Å²) in [6, 6.07) is 6.20. The highest BCUT2D eigenvalue weighted by Crippen LogP contribution is 2.28. The molecule has 0 bridgehead atoms. The van der Waals surface area contributed by atoms with Gasteiger partial charge in [0.1, 0.15) is 0 Å². The molecular formula is C14H19NO. The maximum atomic E-state index is 9.13. The summed E-state index contributed by atoms with van der Waals surface area (Å²) in [6.07, 6.45) is 0.989. The lowest BCUT2D eigenvalue weighted by molar-refractivity contribution is 0.281. The Morgan fingerprint density at radius 2 is 2.06 bits per heavy atom. The molecule has 1 aromatic carbocycles. The van der Waals surface area contributed by atoms with E-state index >= 15 is 0 Å². The molecule has 2 heteroatoms. The molecule has 0 aliphatic carbocycles. The Morgan fingerprint density at radius 1 is 1.31 bits per heavy atom. The number of aliphatic hydroxyl groups is 1. The van der Waals surface area contributed by atoms with Crippen molar-refractivity contribution in [1.82, 2.24) is 0 Å². The van der Waals surface area contributed by atoms with Gasteiger partial charge in [0.05, 0.1) is 6.61 Å². The van der Waals surface area contributed by atoms with Crippen molar-refractivity contribution in [3.05, 3.63) is 34.9 Å². The number of aliphatic hydroxyl groups excluding tert-OH is 1. The lowest BCUT2D eigenvalue weighted by atomic mass is 9.81. The minimum Gasteiger partial charge on any atom is -0.392 e. The average Bonchev–Trinajstić information content (AvgIpc) is 2.26. The van der Waals surface area contributed by atoms with Gasteiger partial charge < -0.3 is 5.11 Å². The Morgan fingerprint density at radius 3 is 2.69 bits per heavy atom. The van der Waals surface area contributed by atoms with Crippen LogP contribution in [0.3, 0.4) is 0 Å². The SMILES string of the molecule is CC(C)(C)C1=NCCc2cc(CO)ccc21. The second kappa shape index (κ2) is 4.02. The summed E-state index contributed by atoms with van der Waals surface area (Å²) in [5.74, 6) is 0. The van der Waals surface area contributed by atoms with Crippen molar-refractivity contribution in [3.8, 4) is 0 Å². The van der Waals surface area contributed by atoms with Crippen molar-refractivity contribution in [2.45, 2.75) is 33.8 Å². The molecule has 1 heterocycles. The van der Waals surface area contributed by atoms with Crippen molar-refractivity contribution < 1.29 is 5.11 Å². The first kappa shape index (κ1) is 11.3. The van der Waals surface area contributed by atoms with Gasteiger partial charge in [-0.1, -0.05) is 39.0 Å². The third-order valence-corrected chi connectivity index (χ3v) is 2.97. The van der Waals surface area contributed by atoms with Crippen LogP contribution in [0.15, 0.2) is 23.2 Å². The molecule has 1 aliphatic rings. The van der Waals surface area contributed by atoms with E-state index in [1.165, 1.54) is 16.8 Å². The molecule has 1 aromatic rings. The molecule has 0 amide bonds. The van der Waals surface area contributed by atoms with Gasteiger partial charge >= 0.3 is 0 Å². The van der Waals surface area contributed by atoms with Gasteiger partial charge in [-0.2, -0.15) is 0 Å². The minimum absolute atomic E-state index is 0.0932. The molecule has 0 fully saturated rings. The van der Waals surface area contributed by atoms with E-state index in [1.54, 1.807) is 0 Å². The molecule has 86 valence electrons. The molecule has 2 nitrogen and oxygen atoms in total. The third kappa shape index (κ3) is 2.03. The second-order valence-corrected chi connectivity index (χ2v) is 5.38. The number of aliphatic imine (C=N–C) groups is 1. The molecule has 0 unspecified atom stereocenters. The van der Waals surface area contributed by atoms with Crippen LogP contribution in [-0.4, -0.2) is 17.4 Å². The van der Waals surface area contributed by atoms with Crippen molar-refractivity contribution >= 4 is 5.71 Å². The van der Waals surface area contributed by atoms with Gasteiger partial charge in [0.2, 0.25) is 0 Å². The first-order valence-electron chi connectivity index (χ1n) is 5.80. The van der Waals surface area contributed by atoms with E-state index in [4.69, 9.17) is 5.11 Å². The Hall–Kier alpha value is -1.15. The van der Waals surface area contributed by atoms with Gasteiger partial charge in [-0.15, -0.1) is 0 Å². The number of hydrogen-bond acceptors (Lipinski definition) is 2. The third-order valence-electron chi connectivity index (χ3n) is 2.97. The van der Waals surface area contributed by atoms with Crippen molar-refractivity contribution in [3.63, 3.8) is 0 Å². The zero-order valence-electron chi connectivity index (χ0n) is 10.2. The lowest BCUT2D eigenvalue weighted by Gasteiger charge is -2.27. The summed E-state index contributed by atoms with van der Waals surface area (Å²) >= 11 is 0. The van der Waals surface area contributed by atoms with Crippen LogP contribution in [0.2, 0.25) is 0 Å². The lowest BCUT2D eigenvalue weighted by Crippen LogP contribution is -2.26. The standard InChI is InChI=1S/C14H19NO/c1-14(2,3)13-12-5-4-10(9-16)8-11(12)6-7-15-13/h4-5,8,16H,6-7,9H2,1-3H3. The summed E-state index contributed by atoms with van der Waals surface area (Å²) < 4.78 is 0. The van der Waals surface area contributed by atoms with E-state index in [0.29, 0.717) is 0 Å². The smallest absolute Gasteiger partial charge is 0.0681 e. The second-order valence-electron chi connectivity index (χ2n) is 5.38. The van der Waals surface area contributed by atoms with Gasteiger partial charge in [0.15, 0.2) is 0 Å². The van der Waals surface area contributed by atoms with E-state index in [0.717, 1.165) is 18.5 Å². The van der Waals surface area contributed by atoms with Crippen LogP contribution in [0.4, 0.5) is 0 Å². The predicted molar refractivity (Wildman–Crippen MR) is 66.9 cm³/mol. The maximum Gasteiger partial charge on any atom is 0.0681 e. The van der Waals surface area contributed by atoms with E-state index in [9.17, 15) is 0 Å². The highest BCUT2D eigenvalue weighted by molar-refractivity contribution is 6.05. The van der Waals surface area contributed by atoms with E-state index < -0.39 is 0 Å². The first-order valence-corrected chi connectivity index (χ1v) is 5.80. The molecule has 1 N–H and O–H groups in total. The minimum atomic E-state index is 0.0932. The Bertz CT molecular complexity index is 427. The monoisotopic (exact) mass is 217 g/mol. The zero-order chi connectivity index (χ0) is 11.8. The summed E-state index contributed by atoms with van der Waals surface area (Å²) in [7, 11) is 0. The Kier molecular flexibility index (Phi) is 2.85. The predicted octanol–water partition coefficient (Wildman–Crippen LogP) is 2.57. The molecule has 0 aromatic heterocycles. The summed E-state index contributed by atoms with van der Waals surface area (Å²) in [5, 5.41) is 9.13. The molecular weight excluding hydrogens is 198 g/mol. The number of nitrogens with zero attached hydrogens (tertiary/aromatic N) is 1. The maximum absolute atomic E-state index is 9.13. The van der Waals surface area contributed by atoms with Crippen LogP contribution in [0.5, 0.6) is 0 Å². The zero-order valence-corrected chi connectivity index (χ0v) is 10.2. The van der Waals surface area contributed by atoms with Gasteiger partial charge in [0.25, 0.3) is 0 Å². The van der Waals surface area contributed by atoms with Crippen LogP contribution < -0.4 is 0 Å². The summed E-state index contributed by atoms with van der Waals surface area (Å²) in [6.45, 7) is 7.58. The van der Waals surface area contributed by atoms with Crippen molar-refractivity contribution in [2.24, 2.45) is 10.4 Å². The van der Waals surface area contributed by atoms with Crippen LogP contribution >= 0.6 is 0 Å². The fraction of sp³-hybridized carbons (Fsp3) is 0.500. The molecule has 0 saturated carbocycles. The Balaban J connectivity index is 2.47. The molecule has 0 radical (unpaired) electrons. The van der Waals surface area contributed by atoms with Gasteiger partial charge in [-0.25, -0.2) is 0 Å². The van der Waals surface area contributed by atoms with E-state index in [2.05, 4.69) is 37.9 Å².